The van der Waals surface area contributed by atoms with E-state index in [9.17, 15) is 4.79 Å². The second-order valence-corrected chi connectivity index (χ2v) is 6.19. The van der Waals surface area contributed by atoms with E-state index in [-0.39, 0.29) is 11.9 Å². The Labute approximate surface area is 131 Å². The SMILES string of the molecule is O=C(NC1CN(c2ncnc3ccsc23)C1)c1ccccc1. The Bertz CT molecular complexity index is 811. The molecule has 4 rings (SSSR count). The number of hydrogen-bond acceptors (Lipinski definition) is 5. The first-order chi connectivity index (χ1) is 10.8. The van der Waals surface area contributed by atoms with Gasteiger partial charge in [-0.05, 0) is 23.6 Å². The molecule has 110 valence electrons. The molecule has 0 bridgehead atoms. The van der Waals surface area contributed by atoms with Crippen LogP contribution in [-0.2, 0) is 0 Å². The van der Waals surface area contributed by atoms with E-state index in [2.05, 4.69) is 20.2 Å². The van der Waals surface area contributed by atoms with Crippen LogP contribution >= 0.6 is 11.3 Å². The lowest BCUT2D eigenvalue weighted by atomic mass is 10.1. The summed E-state index contributed by atoms with van der Waals surface area (Å²) < 4.78 is 1.11. The molecule has 0 aliphatic carbocycles. The second kappa shape index (κ2) is 5.38. The lowest BCUT2D eigenvalue weighted by Gasteiger charge is -2.40. The van der Waals surface area contributed by atoms with Crippen LogP contribution in [0.15, 0.2) is 48.1 Å². The Morgan fingerprint density at radius 2 is 2.00 bits per heavy atom. The summed E-state index contributed by atoms with van der Waals surface area (Å²) in [5, 5.41) is 5.08. The van der Waals surface area contributed by atoms with E-state index >= 15 is 0 Å². The van der Waals surface area contributed by atoms with Gasteiger partial charge in [-0.1, -0.05) is 18.2 Å². The van der Waals surface area contributed by atoms with Crippen molar-refractivity contribution in [3.63, 3.8) is 0 Å². The first-order valence-electron chi connectivity index (χ1n) is 7.10. The molecule has 2 aromatic heterocycles. The molecular weight excluding hydrogens is 296 g/mol. The van der Waals surface area contributed by atoms with Crippen LogP contribution in [0.1, 0.15) is 10.4 Å². The molecule has 1 aromatic carbocycles. The van der Waals surface area contributed by atoms with Crippen LogP contribution in [0.25, 0.3) is 10.2 Å². The smallest absolute Gasteiger partial charge is 0.251 e. The van der Waals surface area contributed by atoms with Crippen molar-refractivity contribution in [1.82, 2.24) is 15.3 Å². The number of carbonyl (C=O) groups is 1. The molecule has 1 aliphatic heterocycles. The Balaban J connectivity index is 1.42. The summed E-state index contributed by atoms with van der Waals surface area (Å²) in [5.41, 5.74) is 1.68. The van der Waals surface area contributed by atoms with Gasteiger partial charge in [0.25, 0.3) is 5.91 Å². The number of thiophene rings is 1. The highest BCUT2D eigenvalue weighted by atomic mass is 32.1. The minimum absolute atomic E-state index is 0.0193. The Morgan fingerprint density at radius 1 is 1.18 bits per heavy atom. The lowest BCUT2D eigenvalue weighted by Crippen LogP contribution is -2.59. The first kappa shape index (κ1) is 13.2. The quantitative estimate of drug-likeness (QED) is 0.806. The van der Waals surface area contributed by atoms with Crippen LogP contribution < -0.4 is 10.2 Å². The summed E-state index contributed by atoms with van der Waals surface area (Å²) in [5.74, 6) is 0.944. The van der Waals surface area contributed by atoms with Gasteiger partial charge in [0.05, 0.1) is 16.3 Å². The predicted octanol–water partition coefficient (Wildman–Crippen LogP) is 2.31. The van der Waals surface area contributed by atoms with Crippen LogP contribution in [0.3, 0.4) is 0 Å². The van der Waals surface area contributed by atoms with Gasteiger partial charge in [-0.2, -0.15) is 0 Å². The third-order valence-electron chi connectivity index (χ3n) is 3.78. The minimum Gasteiger partial charge on any atom is -0.351 e. The third kappa shape index (κ3) is 2.31. The monoisotopic (exact) mass is 310 g/mol. The summed E-state index contributed by atoms with van der Waals surface area (Å²) in [6.45, 7) is 1.56. The minimum atomic E-state index is -0.0193. The standard InChI is InChI=1S/C16H14N4OS/c21-16(11-4-2-1-3-5-11)19-12-8-20(9-12)15-14-13(6-7-22-14)17-10-18-15/h1-7,10,12H,8-9H2,(H,19,21). The number of anilines is 1. The molecule has 0 radical (unpaired) electrons. The maximum Gasteiger partial charge on any atom is 0.251 e. The number of nitrogens with zero attached hydrogens (tertiary/aromatic N) is 3. The van der Waals surface area contributed by atoms with E-state index < -0.39 is 0 Å². The highest BCUT2D eigenvalue weighted by molar-refractivity contribution is 7.17. The molecule has 3 aromatic rings. The topological polar surface area (TPSA) is 58.1 Å². The van der Waals surface area contributed by atoms with E-state index in [0.717, 1.165) is 29.1 Å². The molecule has 0 atom stereocenters. The Hall–Kier alpha value is -2.47. The summed E-state index contributed by atoms with van der Waals surface area (Å²) in [6.07, 6.45) is 1.60. The molecule has 1 saturated heterocycles. The predicted molar refractivity (Wildman–Crippen MR) is 87.3 cm³/mol. The Morgan fingerprint density at radius 3 is 2.82 bits per heavy atom. The third-order valence-corrected chi connectivity index (χ3v) is 4.68. The fourth-order valence-corrected chi connectivity index (χ4v) is 3.46. The van der Waals surface area contributed by atoms with E-state index in [1.807, 2.05) is 41.8 Å². The van der Waals surface area contributed by atoms with Crippen molar-refractivity contribution in [1.29, 1.82) is 0 Å². The molecule has 3 heterocycles. The molecule has 22 heavy (non-hydrogen) atoms. The number of benzene rings is 1. The van der Waals surface area contributed by atoms with Gasteiger partial charge in [-0.3, -0.25) is 4.79 Å². The van der Waals surface area contributed by atoms with Crippen molar-refractivity contribution in [2.75, 3.05) is 18.0 Å². The number of aromatic nitrogens is 2. The number of nitrogens with one attached hydrogen (secondary N) is 1. The first-order valence-corrected chi connectivity index (χ1v) is 7.98. The normalized spacial score (nSPS) is 14.8. The number of amides is 1. The highest BCUT2D eigenvalue weighted by Gasteiger charge is 2.30. The summed E-state index contributed by atoms with van der Waals surface area (Å²) in [6, 6.07) is 11.5. The second-order valence-electron chi connectivity index (χ2n) is 5.27. The van der Waals surface area contributed by atoms with Gasteiger partial charge in [-0.15, -0.1) is 11.3 Å². The number of hydrogen-bond donors (Lipinski definition) is 1. The maximum atomic E-state index is 12.1. The summed E-state index contributed by atoms with van der Waals surface area (Å²) in [7, 11) is 0. The van der Waals surface area contributed by atoms with Gasteiger partial charge >= 0.3 is 0 Å². The average Bonchev–Trinajstić information content (AvgIpc) is 3.00. The zero-order chi connectivity index (χ0) is 14.9. The van der Waals surface area contributed by atoms with Crippen LogP contribution in [0.2, 0.25) is 0 Å². The molecule has 1 N–H and O–H groups in total. The molecule has 0 unspecified atom stereocenters. The van der Waals surface area contributed by atoms with Crippen LogP contribution in [-0.4, -0.2) is 35.0 Å². The molecule has 6 heteroatoms. The molecule has 0 saturated carbocycles. The van der Waals surface area contributed by atoms with Gasteiger partial charge in [0.2, 0.25) is 0 Å². The number of carbonyl (C=O) groups excluding carboxylic acids is 1. The highest BCUT2D eigenvalue weighted by Crippen LogP contribution is 2.30. The van der Waals surface area contributed by atoms with E-state index in [1.165, 1.54) is 0 Å². The maximum absolute atomic E-state index is 12.1. The lowest BCUT2D eigenvalue weighted by molar-refractivity contribution is 0.0930. The fourth-order valence-electron chi connectivity index (χ4n) is 2.60. The van der Waals surface area contributed by atoms with E-state index in [0.29, 0.717) is 5.56 Å². The summed E-state index contributed by atoms with van der Waals surface area (Å²) in [4.78, 5) is 22.9. The van der Waals surface area contributed by atoms with Crippen molar-refractivity contribution in [2.45, 2.75) is 6.04 Å². The summed E-state index contributed by atoms with van der Waals surface area (Å²) >= 11 is 1.65. The van der Waals surface area contributed by atoms with Crippen LogP contribution in [0.5, 0.6) is 0 Å². The van der Waals surface area contributed by atoms with Crippen molar-refractivity contribution in [3.05, 3.63) is 53.7 Å². The molecule has 1 fully saturated rings. The van der Waals surface area contributed by atoms with Crippen molar-refractivity contribution in [3.8, 4) is 0 Å². The Kier molecular flexibility index (Phi) is 3.23. The molecule has 0 spiro atoms. The molecule has 5 nitrogen and oxygen atoms in total. The largest absolute Gasteiger partial charge is 0.351 e. The van der Waals surface area contributed by atoms with Crippen LogP contribution in [0, 0.1) is 0 Å². The van der Waals surface area contributed by atoms with E-state index in [1.54, 1.807) is 17.7 Å². The van der Waals surface area contributed by atoms with Crippen molar-refractivity contribution in [2.24, 2.45) is 0 Å². The molecular formula is C16H14N4OS. The van der Waals surface area contributed by atoms with Gasteiger partial charge in [0.1, 0.15) is 12.1 Å². The molecule has 1 amide bonds. The fraction of sp³-hybridized carbons (Fsp3) is 0.188. The van der Waals surface area contributed by atoms with E-state index in [4.69, 9.17) is 0 Å². The average molecular weight is 310 g/mol. The van der Waals surface area contributed by atoms with Gasteiger partial charge in [0, 0.05) is 18.7 Å². The van der Waals surface area contributed by atoms with Gasteiger partial charge in [0.15, 0.2) is 0 Å². The van der Waals surface area contributed by atoms with Crippen molar-refractivity contribution >= 4 is 33.3 Å². The van der Waals surface area contributed by atoms with Crippen molar-refractivity contribution < 1.29 is 4.79 Å². The molecule has 1 aliphatic rings. The zero-order valence-electron chi connectivity index (χ0n) is 11.8. The number of fused-ring (bicyclic) bond motifs is 1. The zero-order valence-corrected chi connectivity index (χ0v) is 12.6. The van der Waals surface area contributed by atoms with Gasteiger partial charge in [-0.25, -0.2) is 9.97 Å². The number of rotatable bonds is 3. The van der Waals surface area contributed by atoms with Gasteiger partial charge < -0.3 is 10.2 Å². The van der Waals surface area contributed by atoms with Crippen LogP contribution in [0.4, 0.5) is 5.82 Å².